The topological polar surface area (TPSA) is 29.5 Å². The summed E-state index contributed by atoms with van der Waals surface area (Å²) in [6.45, 7) is 7.31. The minimum absolute atomic E-state index is 0.0690. The van der Waals surface area contributed by atoms with Gasteiger partial charge in [-0.25, -0.2) is 0 Å². The molecule has 0 N–H and O–H groups in total. The van der Waals surface area contributed by atoms with Crippen LogP contribution < -0.4 is 0 Å². The molecule has 0 aliphatic carbocycles. The van der Waals surface area contributed by atoms with Gasteiger partial charge in [0.15, 0.2) is 0 Å². The highest BCUT2D eigenvalue weighted by molar-refractivity contribution is 9.10. The molecular formula is C14H18BrNO2. The Labute approximate surface area is 116 Å². The van der Waals surface area contributed by atoms with Crippen LogP contribution in [0.2, 0.25) is 0 Å². The smallest absolute Gasteiger partial charge is 0.254 e. The van der Waals surface area contributed by atoms with Crippen LogP contribution in [0.1, 0.15) is 31.1 Å². The zero-order valence-corrected chi connectivity index (χ0v) is 12.5. The number of hydrogen-bond donors (Lipinski definition) is 0. The van der Waals surface area contributed by atoms with Crippen LogP contribution in [0, 0.1) is 0 Å². The van der Waals surface area contributed by atoms with Crippen molar-refractivity contribution in [1.29, 1.82) is 0 Å². The quantitative estimate of drug-likeness (QED) is 0.797. The Morgan fingerprint density at radius 1 is 1.50 bits per heavy atom. The van der Waals surface area contributed by atoms with Crippen LogP contribution in [0.15, 0.2) is 28.7 Å². The summed E-state index contributed by atoms with van der Waals surface area (Å²) in [5.74, 6) is 0.0690. The van der Waals surface area contributed by atoms with Crippen molar-refractivity contribution in [3.63, 3.8) is 0 Å². The highest BCUT2D eigenvalue weighted by Gasteiger charge is 2.33. The first-order valence-corrected chi connectivity index (χ1v) is 6.89. The van der Waals surface area contributed by atoms with Gasteiger partial charge in [0.05, 0.1) is 11.7 Å². The Hall–Kier alpha value is -0.870. The Kier molecular flexibility index (Phi) is 3.78. The van der Waals surface area contributed by atoms with E-state index < -0.39 is 0 Å². The second-order valence-corrected chi connectivity index (χ2v) is 6.30. The lowest BCUT2D eigenvalue weighted by Crippen LogP contribution is -2.53. The summed E-state index contributed by atoms with van der Waals surface area (Å²) in [6, 6.07) is 7.50. The standard InChI is InChI=1S/C14H18BrNO2/c1-10-8-16(9-14(2,3)18-10)13(17)11-5-4-6-12(15)7-11/h4-7,10H,8-9H2,1-3H3. The summed E-state index contributed by atoms with van der Waals surface area (Å²) in [6.07, 6.45) is 0.0739. The number of carbonyl (C=O) groups is 1. The fraction of sp³-hybridized carbons (Fsp3) is 0.500. The van der Waals surface area contributed by atoms with Gasteiger partial charge in [0, 0.05) is 23.1 Å². The SMILES string of the molecule is CC1CN(C(=O)c2cccc(Br)c2)CC(C)(C)O1. The van der Waals surface area contributed by atoms with Crippen LogP contribution in [0.4, 0.5) is 0 Å². The van der Waals surface area contributed by atoms with Crippen molar-refractivity contribution < 1.29 is 9.53 Å². The van der Waals surface area contributed by atoms with Crippen LogP contribution in [0.5, 0.6) is 0 Å². The fourth-order valence-electron chi connectivity index (χ4n) is 2.41. The number of morpholine rings is 1. The molecule has 0 bridgehead atoms. The van der Waals surface area contributed by atoms with Crippen molar-refractivity contribution in [1.82, 2.24) is 4.90 Å². The molecule has 1 fully saturated rings. The second-order valence-electron chi connectivity index (χ2n) is 5.38. The summed E-state index contributed by atoms with van der Waals surface area (Å²) < 4.78 is 6.74. The van der Waals surface area contributed by atoms with Gasteiger partial charge < -0.3 is 9.64 Å². The molecule has 1 aromatic carbocycles. The highest BCUT2D eigenvalue weighted by atomic mass is 79.9. The molecule has 2 rings (SSSR count). The summed E-state index contributed by atoms with van der Waals surface area (Å²) >= 11 is 3.39. The van der Waals surface area contributed by atoms with E-state index in [-0.39, 0.29) is 17.6 Å². The van der Waals surface area contributed by atoms with Crippen molar-refractivity contribution in [2.45, 2.75) is 32.5 Å². The molecular weight excluding hydrogens is 294 g/mol. The van der Waals surface area contributed by atoms with Crippen molar-refractivity contribution >= 4 is 21.8 Å². The van der Waals surface area contributed by atoms with E-state index in [2.05, 4.69) is 15.9 Å². The maximum atomic E-state index is 12.4. The molecule has 1 aliphatic rings. The number of carbonyl (C=O) groups excluding carboxylic acids is 1. The molecule has 1 atom stereocenters. The van der Waals surface area contributed by atoms with Gasteiger partial charge in [-0.3, -0.25) is 4.79 Å². The van der Waals surface area contributed by atoms with Crippen molar-refractivity contribution in [2.24, 2.45) is 0 Å². The molecule has 0 aromatic heterocycles. The third kappa shape index (κ3) is 3.12. The van der Waals surface area contributed by atoms with E-state index in [1.54, 1.807) is 0 Å². The Morgan fingerprint density at radius 2 is 2.22 bits per heavy atom. The average molecular weight is 312 g/mol. The van der Waals surface area contributed by atoms with E-state index in [0.717, 1.165) is 4.47 Å². The van der Waals surface area contributed by atoms with Gasteiger partial charge in [-0.05, 0) is 39.0 Å². The molecule has 0 radical (unpaired) electrons. The average Bonchev–Trinajstić information content (AvgIpc) is 2.25. The van der Waals surface area contributed by atoms with E-state index in [1.165, 1.54) is 0 Å². The van der Waals surface area contributed by atoms with E-state index in [1.807, 2.05) is 49.9 Å². The molecule has 3 nitrogen and oxygen atoms in total. The maximum absolute atomic E-state index is 12.4. The van der Waals surface area contributed by atoms with Crippen LogP contribution in [0.25, 0.3) is 0 Å². The molecule has 1 aromatic rings. The molecule has 4 heteroatoms. The van der Waals surface area contributed by atoms with Crippen LogP contribution >= 0.6 is 15.9 Å². The summed E-state index contributed by atoms with van der Waals surface area (Å²) in [5, 5.41) is 0. The van der Waals surface area contributed by atoms with Crippen LogP contribution in [-0.2, 0) is 4.74 Å². The number of nitrogens with zero attached hydrogens (tertiary/aromatic N) is 1. The van der Waals surface area contributed by atoms with Crippen molar-refractivity contribution in [2.75, 3.05) is 13.1 Å². The van der Waals surface area contributed by atoms with E-state index in [9.17, 15) is 4.79 Å². The number of rotatable bonds is 1. The van der Waals surface area contributed by atoms with Crippen LogP contribution in [-0.4, -0.2) is 35.6 Å². The minimum atomic E-state index is -0.278. The van der Waals surface area contributed by atoms with Gasteiger partial charge in [-0.2, -0.15) is 0 Å². The number of halogens is 1. The second kappa shape index (κ2) is 5.02. The first-order chi connectivity index (χ1) is 8.37. The lowest BCUT2D eigenvalue weighted by molar-refractivity contribution is -0.118. The number of benzene rings is 1. The Balaban J connectivity index is 2.18. The number of ether oxygens (including phenoxy) is 1. The van der Waals surface area contributed by atoms with E-state index in [4.69, 9.17) is 4.74 Å². The normalized spacial score (nSPS) is 22.9. The fourth-order valence-corrected chi connectivity index (χ4v) is 2.81. The van der Waals surface area contributed by atoms with Crippen molar-refractivity contribution in [3.8, 4) is 0 Å². The van der Waals surface area contributed by atoms with Gasteiger partial charge in [0.25, 0.3) is 5.91 Å². The lowest BCUT2D eigenvalue weighted by Gasteiger charge is -2.41. The Morgan fingerprint density at radius 3 is 2.83 bits per heavy atom. The third-order valence-corrected chi connectivity index (χ3v) is 3.42. The molecule has 0 spiro atoms. The minimum Gasteiger partial charge on any atom is -0.369 e. The monoisotopic (exact) mass is 311 g/mol. The molecule has 0 saturated carbocycles. The number of hydrogen-bond acceptors (Lipinski definition) is 2. The molecule has 1 aliphatic heterocycles. The van der Waals surface area contributed by atoms with Gasteiger partial charge >= 0.3 is 0 Å². The maximum Gasteiger partial charge on any atom is 0.254 e. The first-order valence-electron chi connectivity index (χ1n) is 6.10. The zero-order valence-electron chi connectivity index (χ0n) is 10.9. The van der Waals surface area contributed by atoms with Crippen LogP contribution in [0.3, 0.4) is 0 Å². The van der Waals surface area contributed by atoms with Crippen molar-refractivity contribution in [3.05, 3.63) is 34.3 Å². The van der Waals surface area contributed by atoms with Gasteiger partial charge in [-0.1, -0.05) is 22.0 Å². The Bertz CT molecular complexity index is 459. The van der Waals surface area contributed by atoms with Gasteiger partial charge in [-0.15, -0.1) is 0 Å². The van der Waals surface area contributed by atoms with Gasteiger partial charge in [0.2, 0.25) is 0 Å². The largest absolute Gasteiger partial charge is 0.369 e. The van der Waals surface area contributed by atoms with Gasteiger partial charge in [0.1, 0.15) is 0 Å². The number of amides is 1. The highest BCUT2D eigenvalue weighted by Crippen LogP contribution is 2.23. The third-order valence-electron chi connectivity index (χ3n) is 2.93. The zero-order chi connectivity index (χ0) is 13.3. The molecule has 98 valence electrons. The van der Waals surface area contributed by atoms with E-state index >= 15 is 0 Å². The molecule has 1 saturated heterocycles. The first kappa shape index (κ1) is 13.6. The molecule has 18 heavy (non-hydrogen) atoms. The molecule has 1 amide bonds. The molecule has 1 unspecified atom stereocenters. The summed E-state index contributed by atoms with van der Waals surface area (Å²) in [4.78, 5) is 14.3. The predicted molar refractivity (Wildman–Crippen MR) is 74.7 cm³/mol. The lowest BCUT2D eigenvalue weighted by atomic mass is 10.0. The molecule has 1 heterocycles. The summed E-state index contributed by atoms with van der Waals surface area (Å²) in [7, 11) is 0. The predicted octanol–water partition coefficient (Wildman–Crippen LogP) is 3.09. The summed E-state index contributed by atoms with van der Waals surface area (Å²) in [5.41, 5.74) is 0.438. The van der Waals surface area contributed by atoms with E-state index in [0.29, 0.717) is 18.7 Å².